The number of carbonyl (C=O) groups excluding carboxylic acids is 2. The molecule has 0 aliphatic carbocycles. The number of amides is 1. The van der Waals surface area contributed by atoms with Crippen LogP contribution in [0.4, 0.5) is 0 Å². The van der Waals surface area contributed by atoms with E-state index in [9.17, 15) is 14.7 Å². The summed E-state index contributed by atoms with van der Waals surface area (Å²) in [6, 6.07) is 7.27. The van der Waals surface area contributed by atoms with Gasteiger partial charge in [-0.2, -0.15) is 0 Å². The van der Waals surface area contributed by atoms with E-state index in [1.54, 1.807) is 30.3 Å². The van der Waals surface area contributed by atoms with Crippen LogP contribution in [-0.2, 0) is 4.79 Å². The Bertz CT molecular complexity index is 703. The third kappa shape index (κ3) is 2.60. The predicted molar refractivity (Wildman–Crippen MR) is 80.3 cm³/mol. The van der Waals surface area contributed by atoms with Gasteiger partial charge in [0.15, 0.2) is 0 Å². The molecule has 0 radical (unpaired) electrons. The Morgan fingerprint density at radius 3 is 2.73 bits per heavy atom. The fraction of sp³-hybridized carbons (Fsp3) is 0.200. The smallest absolute Gasteiger partial charge is 0.257 e. The molecule has 1 aromatic carbocycles. The van der Waals surface area contributed by atoms with Crippen LogP contribution in [0.25, 0.3) is 0 Å². The third-order valence-corrected chi connectivity index (χ3v) is 5.09. The second kappa shape index (κ2) is 6.06. The molecule has 1 amide bonds. The Balaban J connectivity index is 2.00. The molecule has 0 N–H and O–H groups in total. The fourth-order valence-corrected chi connectivity index (χ4v) is 3.99. The summed E-state index contributed by atoms with van der Waals surface area (Å²) in [7, 11) is 0. The van der Waals surface area contributed by atoms with Crippen molar-refractivity contribution in [3.63, 3.8) is 0 Å². The van der Waals surface area contributed by atoms with Crippen LogP contribution in [0, 0.1) is 0 Å². The highest BCUT2D eigenvalue weighted by Crippen LogP contribution is 2.42. The first kappa shape index (κ1) is 15.0. The van der Waals surface area contributed by atoms with Gasteiger partial charge in [-0.1, -0.05) is 23.7 Å². The third-order valence-electron chi connectivity index (χ3n) is 3.44. The van der Waals surface area contributed by atoms with Gasteiger partial charge in [0.25, 0.3) is 5.91 Å². The number of rotatable bonds is 3. The Morgan fingerprint density at radius 2 is 2.09 bits per heavy atom. The van der Waals surface area contributed by atoms with E-state index in [4.69, 9.17) is 16.0 Å². The van der Waals surface area contributed by atoms with Crippen molar-refractivity contribution in [1.29, 1.82) is 0 Å². The number of carbonyl (C=O) groups is 2. The Kier molecular flexibility index (Phi) is 4.13. The van der Waals surface area contributed by atoms with Crippen LogP contribution < -0.4 is 5.11 Å². The SMILES string of the molecule is O=C([O-])[C@H]1CS[C@@H](c2ccoc2)N1C(=O)c1ccccc1Cl. The molecule has 0 unspecified atom stereocenters. The summed E-state index contributed by atoms with van der Waals surface area (Å²) in [5.74, 6) is -1.45. The number of hydrogen-bond acceptors (Lipinski definition) is 5. The fourth-order valence-electron chi connectivity index (χ4n) is 2.38. The largest absolute Gasteiger partial charge is 0.548 e. The molecule has 3 rings (SSSR count). The van der Waals surface area contributed by atoms with Gasteiger partial charge < -0.3 is 19.2 Å². The lowest BCUT2D eigenvalue weighted by molar-refractivity contribution is -0.310. The van der Waals surface area contributed by atoms with Crippen LogP contribution in [-0.4, -0.2) is 28.6 Å². The van der Waals surface area contributed by atoms with Gasteiger partial charge in [0.1, 0.15) is 5.37 Å². The highest BCUT2D eigenvalue weighted by molar-refractivity contribution is 7.99. The Morgan fingerprint density at radius 1 is 1.32 bits per heavy atom. The minimum atomic E-state index is -1.28. The number of aliphatic carboxylic acids is 1. The van der Waals surface area contributed by atoms with Crippen LogP contribution in [0.3, 0.4) is 0 Å². The molecule has 2 aromatic rings. The normalized spacial score (nSPS) is 21.0. The molecule has 2 heterocycles. The molecule has 0 saturated carbocycles. The van der Waals surface area contributed by atoms with Crippen molar-refractivity contribution < 1.29 is 19.1 Å². The lowest BCUT2D eigenvalue weighted by Gasteiger charge is -2.29. The monoisotopic (exact) mass is 336 g/mol. The van der Waals surface area contributed by atoms with Gasteiger partial charge in [-0.15, -0.1) is 11.8 Å². The topological polar surface area (TPSA) is 73.6 Å². The molecule has 1 fully saturated rings. The van der Waals surface area contributed by atoms with Crippen molar-refractivity contribution in [3.8, 4) is 0 Å². The standard InChI is InChI=1S/C15H12ClNO4S/c16-11-4-2-1-3-10(11)13(18)17-12(15(19)20)8-22-14(17)9-5-6-21-7-9/h1-7,12,14H,8H2,(H,19,20)/p-1/t12-,14+/m1/s1. The quantitative estimate of drug-likeness (QED) is 0.856. The summed E-state index contributed by atoms with van der Waals surface area (Å²) in [5, 5.41) is 11.2. The number of carboxylic acid groups (broad SMARTS) is 1. The number of furan rings is 1. The number of nitrogens with zero attached hydrogens (tertiary/aromatic N) is 1. The second-order valence-corrected chi connectivity index (χ2v) is 6.29. The lowest BCUT2D eigenvalue weighted by Crippen LogP contribution is -2.49. The molecular formula is C15H11ClNO4S-. The van der Waals surface area contributed by atoms with Crippen LogP contribution in [0.1, 0.15) is 21.3 Å². The summed E-state index contributed by atoms with van der Waals surface area (Å²) < 4.78 is 5.04. The van der Waals surface area contributed by atoms with E-state index in [1.165, 1.54) is 29.2 Å². The van der Waals surface area contributed by atoms with E-state index in [1.807, 2.05) is 0 Å². The summed E-state index contributed by atoms with van der Waals surface area (Å²) in [5.41, 5.74) is 1.00. The molecule has 22 heavy (non-hydrogen) atoms. The molecule has 114 valence electrons. The van der Waals surface area contributed by atoms with E-state index in [2.05, 4.69) is 0 Å². The highest BCUT2D eigenvalue weighted by atomic mass is 35.5. The Labute approximate surface area is 135 Å². The van der Waals surface area contributed by atoms with Gasteiger partial charge in [-0.3, -0.25) is 4.79 Å². The molecule has 5 nitrogen and oxygen atoms in total. The molecule has 1 aliphatic heterocycles. The van der Waals surface area contributed by atoms with Gasteiger partial charge in [0, 0.05) is 11.3 Å². The van der Waals surface area contributed by atoms with Crippen LogP contribution >= 0.6 is 23.4 Å². The summed E-state index contributed by atoms with van der Waals surface area (Å²) in [4.78, 5) is 25.5. The van der Waals surface area contributed by atoms with Crippen LogP contribution in [0.2, 0.25) is 5.02 Å². The number of halogens is 1. The first-order valence-corrected chi connectivity index (χ1v) is 7.94. The molecule has 0 spiro atoms. The zero-order valence-corrected chi connectivity index (χ0v) is 12.8. The zero-order valence-electron chi connectivity index (χ0n) is 11.3. The van der Waals surface area contributed by atoms with E-state index < -0.39 is 23.3 Å². The molecule has 1 aromatic heterocycles. The van der Waals surface area contributed by atoms with E-state index in [-0.39, 0.29) is 16.3 Å². The summed E-state index contributed by atoms with van der Waals surface area (Å²) in [6.07, 6.45) is 2.99. The average molecular weight is 337 g/mol. The van der Waals surface area contributed by atoms with Crippen molar-refractivity contribution in [2.75, 3.05) is 5.75 Å². The van der Waals surface area contributed by atoms with Crippen LogP contribution in [0.5, 0.6) is 0 Å². The summed E-state index contributed by atoms with van der Waals surface area (Å²) in [6.45, 7) is 0. The molecule has 7 heteroatoms. The number of carboxylic acids is 1. The number of hydrogen-bond donors (Lipinski definition) is 0. The number of benzene rings is 1. The van der Waals surface area contributed by atoms with Gasteiger partial charge in [-0.25, -0.2) is 0 Å². The Hall–Kier alpha value is -1.92. The van der Waals surface area contributed by atoms with Gasteiger partial charge in [0.2, 0.25) is 0 Å². The van der Waals surface area contributed by atoms with Crippen molar-refractivity contribution in [1.82, 2.24) is 4.90 Å². The minimum Gasteiger partial charge on any atom is -0.548 e. The molecule has 2 atom stereocenters. The highest BCUT2D eigenvalue weighted by Gasteiger charge is 2.40. The van der Waals surface area contributed by atoms with Gasteiger partial charge in [-0.05, 0) is 18.2 Å². The van der Waals surface area contributed by atoms with Crippen molar-refractivity contribution in [2.24, 2.45) is 0 Å². The maximum Gasteiger partial charge on any atom is 0.257 e. The maximum atomic E-state index is 12.8. The van der Waals surface area contributed by atoms with Crippen LogP contribution in [0.15, 0.2) is 47.3 Å². The maximum absolute atomic E-state index is 12.8. The zero-order chi connectivity index (χ0) is 15.7. The average Bonchev–Trinajstić information content (AvgIpc) is 3.15. The number of thioether (sulfide) groups is 1. The second-order valence-electron chi connectivity index (χ2n) is 4.77. The molecular weight excluding hydrogens is 326 g/mol. The molecule has 1 saturated heterocycles. The van der Waals surface area contributed by atoms with Crippen molar-refractivity contribution >= 4 is 35.2 Å². The molecule has 0 bridgehead atoms. The van der Waals surface area contributed by atoms with Gasteiger partial charge in [0.05, 0.1) is 35.1 Å². The van der Waals surface area contributed by atoms with Gasteiger partial charge >= 0.3 is 0 Å². The summed E-state index contributed by atoms with van der Waals surface area (Å²) >= 11 is 7.42. The van der Waals surface area contributed by atoms with Crippen molar-refractivity contribution in [2.45, 2.75) is 11.4 Å². The lowest BCUT2D eigenvalue weighted by atomic mass is 10.1. The van der Waals surface area contributed by atoms with E-state index >= 15 is 0 Å². The van der Waals surface area contributed by atoms with Crippen molar-refractivity contribution in [3.05, 3.63) is 59.0 Å². The first-order chi connectivity index (χ1) is 10.6. The predicted octanol–water partition coefficient (Wildman–Crippen LogP) is 1.94. The van der Waals surface area contributed by atoms with E-state index in [0.717, 1.165) is 5.56 Å². The van der Waals surface area contributed by atoms with E-state index in [0.29, 0.717) is 0 Å². The first-order valence-electron chi connectivity index (χ1n) is 6.51. The molecule has 1 aliphatic rings. The minimum absolute atomic E-state index is 0.258.